The van der Waals surface area contributed by atoms with E-state index in [4.69, 9.17) is 0 Å². The second-order valence-corrected chi connectivity index (χ2v) is 5.11. The highest BCUT2D eigenvalue weighted by Crippen LogP contribution is 2.33. The molecule has 106 valence electrons. The van der Waals surface area contributed by atoms with E-state index in [1.165, 1.54) is 0 Å². The van der Waals surface area contributed by atoms with Gasteiger partial charge in [0.25, 0.3) is 0 Å². The van der Waals surface area contributed by atoms with Gasteiger partial charge in [-0.25, -0.2) is 4.79 Å². The highest BCUT2D eigenvalue weighted by Gasteiger charge is 2.22. The van der Waals surface area contributed by atoms with E-state index >= 15 is 0 Å². The SMILES string of the molecule is CC(=O)N1CCc2cc(-c3ccccc3C(=O)O)ccc21. The normalized spacial score (nSPS) is 13.1. The van der Waals surface area contributed by atoms with Crippen molar-refractivity contribution in [2.24, 2.45) is 0 Å². The molecular formula is C17H15NO3. The molecular weight excluding hydrogens is 266 g/mol. The molecule has 0 unspecified atom stereocenters. The molecule has 0 aromatic heterocycles. The number of benzene rings is 2. The Balaban J connectivity index is 2.07. The number of hydrogen-bond donors (Lipinski definition) is 1. The van der Waals surface area contributed by atoms with Gasteiger partial charge in [-0.2, -0.15) is 0 Å². The van der Waals surface area contributed by atoms with Gasteiger partial charge in [-0.15, -0.1) is 0 Å². The lowest BCUT2D eigenvalue weighted by molar-refractivity contribution is -0.116. The minimum Gasteiger partial charge on any atom is -0.478 e. The summed E-state index contributed by atoms with van der Waals surface area (Å²) in [5.41, 5.74) is 3.88. The van der Waals surface area contributed by atoms with Crippen molar-refractivity contribution in [1.29, 1.82) is 0 Å². The lowest BCUT2D eigenvalue weighted by Gasteiger charge is -2.15. The van der Waals surface area contributed by atoms with Crippen molar-refractivity contribution in [3.63, 3.8) is 0 Å². The van der Waals surface area contributed by atoms with E-state index in [0.29, 0.717) is 17.7 Å². The molecule has 1 aliphatic rings. The third kappa shape index (κ3) is 2.29. The van der Waals surface area contributed by atoms with E-state index in [2.05, 4.69) is 0 Å². The zero-order valence-corrected chi connectivity index (χ0v) is 11.7. The predicted octanol–water partition coefficient (Wildman–Crippen LogP) is 2.96. The lowest BCUT2D eigenvalue weighted by atomic mass is 9.97. The molecule has 0 aliphatic carbocycles. The minimum absolute atomic E-state index is 0.0347. The monoisotopic (exact) mass is 281 g/mol. The number of amides is 1. The Morgan fingerprint density at radius 3 is 2.62 bits per heavy atom. The van der Waals surface area contributed by atoms with Gasteiger partial charge < -0.3 is 10.0 Å². The summed E-state index contributed by atoms with van der Waals surface area (Å²) in [5, 5.41) is 9.28. The number of carbonyl (C=O) groups excluding carboxylic acids is 1. The Morgan fingerprint density at radius 1 is 1.14 bits per heavy atom. The van der Waals surface area contributed by atoms with Gasteiger partial charge in [0, 0.05) is 19.2 Å². The van der Waals surface area contributed by atoms with Crippen molar-refractivity contribution >= 4 is 17.6 Å². The fourth-order valence-electron chi connectivity index (χ4n) is 2.82. The van der Waals surface area contributed by atoms with Gasteiger partial charge >= 0.3 is 5.97 Å². The molecule has 0 atom stereocenters. The fourth-order valence-corrected chi connectivity index (χ4v) is 2.82. The number of anilines is 1. The number of carboxylic acids is 1. The van der Waals surface area contributed by atoms with E-state index in [9.17, 15) is 14.7 Å². The van der Waals surface area contributed by atoms with Gasteiger partial charge in [-0.3, -0.25) is 4.79 Å². The van der Waals surface area contributed by atoms with Crippen molar-refractivity contribution in [1.82, 2.24) is 0 Å². The molecule has 0 bridgehead atoms. The smallest absolute Gasteiger partial charge is 0.336 e. The van der Waals surface area contributed by atoms with E-state index in [-0.39, 0.29) is 5.91 Å². The average molecular weight is 281 g/mol. The van der Waals surface area contributed by atoms with Crippen molar-refractivity contribution in [3.8, 4) is 11.1 Å². The van der Waals surface area contributed by atoms with E-state index in [1.54, 1.807) is 24.0 Å². The Hall–Kier alpha value is -2.62. The molecule has 0 saturated carbocycles. The molecule has 1 amide bonds. The number of carbonyl (C=O) groups is 2. The molecule has 4 nitrogen and oxygen atoms in total. The van der Waals surface area contributed by atoms with Crippen LogP contribution in [0, 0.1) is 0 Å². The third-order valence-electron chi connectivity index (χ3n) is 3.82. The summed E-state index contributed by atoms with van der Waals surface area (Å²) in [6, 6.07) is 12.7. The summed E-state index contributed by atoms with van der Waals surface area (Å²) in [4.78, 5) is 24.6. The summed E-state index contributed by atoms with van der Waals surface area (Å²) in [5.74, 6) is -0.899. The topological polar surface area (TPSA) is 57.6 Å². The van der Waals surface area contributed by atoms with Crippen LogP contribution in [-0.4, -0.2) is 23.5 Å². The number of fused-ring (bicyclic) bond motifs is 1. The molecule has 0 radical (unpaired) electrons. The Kier molecular flexibility index (Phi) is 3.22. The molecule has 1 aliphatic heterocycles. The number of rotatable bonds is 2. The first kappa shape index (κ1) is 13.4. The van der Waals surface area contributed by atoms with Crippen LogP contribution in [0.3, 0.4) is 0 Å². The lowest BCUT2D eigenvalue weighted by Crippen LogP contribution is -2.25. The number of aromatic carboxylic acids is 1. The Labute approximate surface area is 122 Å². The molecule has 4 heteroatoms. The first-order chi connectivity index (χ1) is 10.1. The Morgan fingerprint density at radius 2 is 1.90 bits per heavy atom. The first-order valence-corrected chi connectivity index (χ1v) is 6.81. The quantitative estimate of drug-likeness (QED) is 0.920. The van der Waals surface area contributed by atoms with Crippen molar-refractivity contribution in [3.05, 3.63) is 53.6 Å². The van der Waals surface area contributed by atoms with Crippen LogP contribution in [0.4, 0.5) is 5.69 Å². The molecule has 2 aromatic rings. The van der Waals surface area contributed by atoms with Gasteiger partial charge in [0.05, 0.1) is 5.56 Å². The fraction of sp³-hybridized carbons (Fsp3) is 0.176. The van der Waals surface area contributed by atoms with E-state index in [1.807, 2.05) is 30.3 Å². The van der Waals surface area contributed by atoms with Crippen LogP contribution in [-0.2, 0) is 11.2 Å². The summed E-state index contributed by atoms with van der Waals surface area (Å²) < 4.78 is 0. The minimum atomic E-state index is -0.934. The average Bonchev–Trinajstić information content (AvgIpc) is 2.90. The predicted molar refractivity (Wildman–Crippen MR) is 80.6 cm³/mol. The van der Waals surface area contributed by atoms with E-state index in [0.717, 1.165) is 23.2 Å². The van der Waals surface area contributed by atoms with Crippen LogP contribution in [0.2, 0.25) is 0 Å². The summed E-state index contributed by atoms with van der Waals surface area (Å²) >= 11 is 0. The highest BCUT2D eigenvalue weighted by atomic mass is 16.4. The maximum Gasteiger partial charge on any atom is 0.336 e. The van der Waals surface area contributed by atoms with Crippen molar-refractivity contribution in [2.75, 3.05) is 11.4 Å². The van der Waals surface area contributed by atoms with Gasteiger partial charge in [-0.1, -0.05) is 24.3 Å². The molecule has 0 spiro atoms. The van der Waals surface area contributed by atoms with Crippen LogP contribution in [0.25, 0.3) is 11.1 Å². The van der Waals surface area contributed by atoms with Crippen LogP contribution in [0.1, 0.15) is 22.8 Å². The zero-order chi connectivity index (χ0) is 15.0. The maximum absolute atomic E-state index is 11.6. The van der Waals surface area contributed by atoms with Crippen LogP contribution >= 0.6 is 0 Å². The number of carboxylic acid groups (broad SMARTS) is 1. The van der Waals surface area contributed by atoms with Crippen molar-refractivity contribution < 1.29 is 14.7 Å². The van der Waals surface area contributed by atoms with Crippen LogP contribution < -0.4 is 4.90 Å². The van der Waals surface area contributed by atoms with Crippen LogP contribution in [0.5, 0.6) is 0 Å². The largest absolute Gasteiger partial charge is 0.478 e. The summed E-state index contributed by atoms with van der Waals surface area (Å²) in [6.07, 6.45) is 0.804. The summed E-state index contributed by atoms with van der Waals surface area (Å²) in [6.45, 7) is 2.25. The second kappa shape index (κ2) is 5.05. The number of hydrogen-bond acceptors (Lipinski definition) is 2. The highest BCUT2D eigenvalue weighted by molar-refractivity contribution is 5.97. The first-order valence-electron chi connectivity index (χ1n) is 6.81. The van der Waals surface area contributed by atoms with E-state index < -0.39 is 5.97 Å². The van der Waals surface area contributed by atoms with Gasteiger partial charge in [0.2, 0.25) is 5.91 Å². The van der Waals surface area contributed by atoms with Crippen molar-refractivity contribution in [2.45, 2.75) is 13.3 Å². The van der Waals surface area contributed by atoms with Gasteiger partial charge in [0.15, 0.2) is 0 Å². The van der Waals surface area contributed by atoms with Crippen LogP contribution in [0.15, 0.2) is 42.5 Å². The molecule has 2 aromatic carbocycles. The molecule has 0 fully saturated rings. The molecule has 0 saturated heterocycles. The molecule has 1 heterocycles. The molecule has 3 rings (SSSR count). The zero-order valence-electron chi connectivity index (χ0n) is 11.7. The summed E-state index contributed by atoms with van der Waals surface area (Å²) in [7, 11) is 0. The van der Waals surface area contributed by atoms with Gasteiger partial charge in [0.1, 0.15) is 0 Å². The number of nitrogens with zero attached hydrogens (tertiary/aromatic N) is 1. The third-order valence-corrected chi connectivity index (χ3v) is 3.82. The second-order valence-electron chi connectivity index (χ2n) is 5.11. The van der Waals surface area contributed by atoms with Gasteiger partial charge in [-0.05, 0) is 41.3 Å². The standard InChI is InChI=1S/C17H15NO3/c1-11(19)18-9-8-13-10-12(6-7-16(13)18)14-4-2-3-5-15(14)17(20)21/h2-7,10H,8-9H2,1H3,(H,20,21). The Bertz CT molecular complexity index is 737. The molecule has 21 heavy (non-hydrogen) atoms. The maximum atomic E-state index is 11.6. The molecule has 1 N–H and O–H groups in total.